The fraction of sp³-hybridized carbons (Fsp3) is 0. The van der Waals surface area contributed by atoms with Crippen LogP contribution in [0.4, 0.5) is 0 Å². The van der Waals surface area contributed by atoms with Crippen molar-refractivity contribution in [2.45, 2.75) is 0 Å². The predicted octanol–water partition coefficient (Wildman–Crippen LogP) is 13.3. The minimum absolute atomic E-state index is 0.536. The second-order valence-electron chi connectivity index (χ2n) is 15.5. The highest BCUT2D eigenvalue weighted by Crippen LogP contribution is 2.41. The van der Waals surface area contributed by atoms with Gasteiger partial charge in [-0.2, -0.15) is 19.9 Å². The van der Waals surface area contributed by atoms with Crippen LogP contribution in [0.25, 0.3) is 121 Å². The average molecular weight is 825 g/mol. The highest BCUT2D eigenvalue weighted by atomic mass is 32.1. The molecule has 0 N–H and O–H groups in total. The Morgan fingerprint density at radius 1 is 0.302 bits per heavy atom. The number of hydrogen-bond donors (Lipinski definition) is 0. The summed E-state index contributed by atoms with van der Waals surface area (Å²) in [4.78, 5) is 31.3. The van der Waals surface area contributed by atoms with Crippen LogP contribution in [0, 0.1) is 0 Å². The molecule has 8 aromatic carbocycles. The summed E-state index contributed by atoms with van der Waals surface area (Å²) >= 11 is 1.77. The van der Waals surface area contributed by atoms with E-state index in [1.54, 1.807) is 11.3 Å². The smallest absolute Gasteiger partial charge is 0.238 e. The van der Waals surface area contributed by atoms with Crippen LogP contribution in [-0.2, 0) is 0 Å². The van der Waals surface area contributed by atoms with E-state index in [2.05, 4.69) is 143 Å². The van der Waals surface area contributed by atoms with Crippen LogP contribution in [0.5, 0.6) is 0 Å². The highest BCUT2D eigenvalue weighted by molar-refractivity contribution is 7.26. The molecule has 294 valence electrons. The molecule has 5 aromatic heterocycles. The molecule has 0 amide bonds. The molecule has 0 radical (unpaired) electrons. The van der Waals surface area contributed by atoms with Gasteiger partial charge in [0.05, 0.1) is 22.1 Å². The minimum atomic E-state index is 0.536. The maximum Gasteiger partial charge on any atom is 0.238 e. The van der Waals surface area contributed by atoms with E-state index in [9.17, 15) is 0 Å². The minimum Gasteiger partial charge on any atom is -0.278 e. The van der Waals surface area contributed by atoms with Crippen molar-refractivity contribution >= 4 is 75.1 Å². The molecule has 9 heteroatoms. The summed E-state index contributed by atoms with van der Waals surface area (Å²) in [5.41, 5.74) is 7.66. The fourth-order valence-electron chi connectivity index (χ4n) is 9.00. The van der Waals surface area contributed by atoms with Gasteiger partial charge in [-0.1, -0.05) is 146 Å². The lowest BCUT2D eigenvalue weighted by atomic mass is 10.1. The molecule has 13 rings (SSSR count). The first-order valence-corrected chi connectivity index (χ1v) is 21.6. The van der Waals surface area contributed by atoms with Crippen LogP contribution >= 0.6 is 11.3 Å². The molecular weight excluding hydrogens is 793 g/mol. The van der Waals surface area contributed by atoms with Crippen molar-refractivity contribution in [1.82, 2.24) is 39.0 Å². The molecule has 5 heterocycles. The van der Waals surface area contributed by atoms with E-state index >= 15 is 0 Å². The molecule has 0 fully saturated rings. The van der Waals surface area contributed by atoms with Gasteiger partial charge >= 0.3 is 0 Å². The average Bonchev–Trinajstić information content (AvgIpc) is 4.02. The lowest BCUT2D eigenvalue weighted by molar-refractivity contribution is 0.952. The number of hydrogen-bond acceptors (Lipinski definition) is 7. The number of para-hydroxylation sites is 3. The Bertz CT molecular complexity index is 3820. The Labute approximate surface area is 364 Å². The van der Waals surface area contributed by atoms with E-state index in [1.165, 1.54) is 15.5 Å². The van der Waals surface area contributed by atoms with Gasteiger partial charge in [0.15, 0.2) is 23.3 Å². The van der Waals surface area contributed by atoms with Crippen molar-refractivity contribution < 1.29 is 0 Å². The van der Waals surface area contributed by atoms with Gasteiger partial charge < -0.3 is 0 Å². The van der Waals surface area contributed by atoms with Gasteiger partial charge in [0.25, 0.3) is 0 Å². The van der Waals surface area contributed by atoms with Crippen molar-refractivity contribution in [2.75, 3.05) is 0 Å². The topological polar surface area (TPSA) is 87.2 Å². The van der Waals surface area contributed by atoms with Gasteiger partial charge in [-0.05, 0) is 48.5 Å². The Morgan fingerprint density at radius 3 is 1.35 bits per heavy atom. The maximum absolute atomic E-state index is 5.34. The number of rotatable bonds is 6. The molecule has 0 atom stereocenters. The van der Waals surface area contributed by atoms with E-state index in [0.29, 0.717) is 35.2 Å². The molecule has 0 spiro atoms. The zero-order valence-electron chi connectivity index (χ0n) is 33.5. The third kappa shape index (κ3) is 5.67. The summed E-state index contributed by atoms with van der Waals surface area (Å²) in [6.45, 7) is 0. The van der Waals surface area contributed by atoms with Gasteiger partial charge in [0.1, 0.15) is 0 Å². The van der Waals surface area contributed by atoms with Crippen LogP contribution in [0.1, 0.15) is 0 Å². The van der Waals surface area contributed by atoms with Crippen LogP contribution in [-0.4, -0.2) is 39.0 Å². The summed E-state index contributed by atoms with van der Waals surface area (Å²) in [6, 6.07) is 66.9. The van der Waals surface area contributed by atoms with Gasteiger partial charge in [0, 0.05) is 64.0 Å². The fourth-order valence-corrected chi connectivity index (χ4v) is 10.2. The van der Waals surface area contributed by atoms with E-state index in [1.807, 2.05) is 60.7 Å². The largest absolute Gasteiger partial charge is 0.278 e. The first-order valence-electron chi connectivity index (χ1n) is 20.8. The Balaban J connectivity index is 1.06. The van der Waals surface area contributed by atoms with Crippen LogP contribution < -0.4 is 0 Å². The van der Waals surface area contributed by atoms with Crippen molar-refractivity contribution in [1.29, 1.82) is 0 Å². The Kier molecular flexibility index (Phi) is 7.91. The third-order valence-corrected chi connectivity index (χ3v) is 13.1. The molecule has 0 aliphatic carbocycles. The summed E-state index contributed by atoms with van der Waals surface area (Å²) in [5, 5.41) is 6.78. The molecule has 63 heavy (non-hydrogen) atoms. The summed E-state index contributed by atoms with van der Waals surface area (Å²) in [7, 11) is 0. The quantitative estimate of drug-likeness (QED) is 0.166. The molecule has 0 saturated heterocycles. The second-order valence-corrected chi connectivity index (χ2v) is 16.6. The number of fused-ring (bicyclic) bond motifs is 9. The number of nitrogens with zero attached hydrogens (tertiary/aromatic N) is 8. The van der Waals surface area contributed by atoms with Gasteiger partial charge in [0.2, 0.25) is 11.9 Å². The third-order valence-electron chi connectivity index (χ3n) is 11.9. The normalized spacial score (nSPS) is 11.8. The summed E-state index contributed by atoms with van der Waals surface area (Å²) in [6.07, 6.45) is 0. The zero-order valence-corrected chi connectivity index (χ0v) is 34.3. The van der Waals surface area contributed by atoms with Crippen molar-refractivity contribution in [2.24, 2.45) is 0 Å². The zero-order chi connectivity index (χ0) is 41.4. The van der Waals surface area contributed by atoms with Gasteiger partial charge in [-0.3, -0.25) is 9.13 Å². The van der Waals surface area contributed by atoms with Crippen LogP contribution in [0.3, 0.4) is 0 Å². The number of benzene rings is 8. The molecular formula is C54H32N8S. The molecule has 0 aliphatic rings. The first-order chi connectivity index (χ1) is 31.2. The van der Waals surface area contributed by atoms with Crippen LogP contribution in [0.2, 0.25) is 0 Å². The monoisotopic (exact) mass is 824 g/mol. The SMILES string of the molecule is c1ccc(-c2nc(-c3ccccc3)nc(-n3c4ccccc4c4cc(-c5nc(-c6cccc7c6sc6ccccc67)nc(-n6c7ccccc7c7ccccc76)n5)ccc43)n2)cc1. The number of thiophene rings is 1. The Hall–Kier alpha value is -8.40. The number of aromatic nitrogens is 8. The maximum atomic E-state index is 5.34. The van der Waals surface area contributed by atoms with Crippen LogP contribution in [0.15, 0.2) is 194 Å². The lowest BCUT2D eigenvalue weighted by Crippen LogP contribution is -2.07. The molecule has 0 aliphatic heterocycles. The summed E-state index contributed by atoms with van der Waals surface area (Å²) in [5.74, 6) is 3.49. The molecule has 13 aromatic rings. The van der Waals surface area contributed by atoms with Crippen molar-refractivity contribution in [3.05, 3.63) is 194 Å². The van der Waals surface area contributed by atoms with Crippen molar-refractivity contribution in [3.8, 4) is 57.4 Å². The van der Waals surface area contributed by atoms with Crippen molar-refractivity contribution in [3.63, 3.8) is 0 Å². The molecule has 0 unspecified atom stereocenters. The Morgan fingerprint density at radius 2 is 0.746 bits per heavy atom. The summed E-state index contributed by atoms with van der Waals surface area (Å²) < 4.78 is 6.68. The first kappa shape index (κ1) is 35.4. The van der Waals surface area contributed by atoms with Gasteiger partial charge in [-0.15, -0.1) is 11.3 Å². The predicted molar refractivity (Wildman–Crippen MR) is 257 cm³/mol. The van der Waals surface area contributed by atoms with E-state index in [-0.39, 0.29) is 0 Å². The van der Waals surface area contributed by atoms with E-state index in [0.717, 1.165) is 70.6 Å². The lowest BCUT2D eigenvalue weighted by Gasteiger charge is -2.12. The standard InChI is InChI=1S/C54H32N8S/c1-3-16-33(17-4-1)49-55-50(34-18-5-2-6-19-34)58-53(57-49)62-45-28-13-9-22-38(45)42-32-35(30-31-46(42)62)51-56-52(41-25-15-24-40-39-23-10-14-29-47(39)63-48(40)41)60-54(59-51)61-43-26-11-7-20-36(43)37-21-8-12-27-44(37)61/h1-32H. The van der Waals surface area contributed by atoms with Gasteiger partial charge in [-0.25, -0.2) is 9.97 Å². The molecule has 0 saturated carbocycles. The second kappa shape index (κ2) is 14.1. The highest BCUT2D eigenvalue weighted by Gasteiger charge is 2.22. The molecule has 8 nitrogen and oxygen atoms in total. The van der Waals surface area contributed by atoms with E-state index < -0.39 is 0 Å². The molecule has 0 bridgehead atoms. The van der Waals surface area contributed by atoms with E-state index in [4.69, 9.17) is 29.9 Å².